The van der Waals surface area contributed by atoms with Crippen LogP contribution in [0.1, 0.15) is 26.6 Å². The van der Waals surface area contributed by atoms with E-state index in [1.54, 1.807) is 20.8 Å². The van der Waals surface area contributed by atoms with Crippen molar-refractivity contribution in [2.45, 2.75) is 32.7 Å². The highest BCUT2D eigenvalue weighted by Gasteiger charge is 2.36. The van der Waals surface area contributed by atoms with Crippen LogP contribution in [0.2, 0.25) is 0 Å². The smallest absolute Gasteiger partial charge is 0.319 e. The maximum absolute atomic E-state index is 12.2. The molecule has 0 aliphatic heterocycles. The van der Waals surface area contributed by atoms with Crippen LogP contribution in [0, 0.1) is 0 Å². The topological polar surface area (TPSA) is 64.3 Å². The Hall–Kier alpha value is -1.88. The van der Waals surface area contributed by atoms with Crippen molar-refractivity contribution in [3.05, 3.63) is 30.1 Å². The molecule has 2 rings (SSSR count). The number of ether oxygens (including phenoxy) is 1. The largest absolute Gasteiger partial charge is 0.465 e. The van der Waals surface area contributed by atoms with E-state index in [1.165, 1.54) is 0 Å². The third-order valence-electron chi connectivity index (χ3n) is 3.32. The maximum atomic E-state index is 12.2. The average molecular weight is 276 g/mol. The molecule has 5 nitrogen and oxygen atoms in total. The predicted molar refractivity (Wildman–Crippen MR) is 76.5 cm³/mol. The molecule has 0 saturated carbocycles. The molecule has 1 aromatic carbocycles. The monoisotopic (exact) mass is 276 g/mol. The minimum Gasteiger partial charge on any atom is -0.465 e. The van der Waals surface area contributed by atoms with Gasteiger partial charge in [-0.3, -0.25) is 4.79 Å². The molecule has 1 heterocycles. The number of para-hydroxylation sites is 2. The van der Waals surface area contributed by atoms with Gasteiger partial charge in [-0.05, 0) is 32.9 Å². The number of aliphatic hydroxyl groups excluding tert-OH is 1. The third kappa shape index (κ3) is 2.41. The van der Waals surface area contributed by atoms with Crippen molar-refractivity contribution < 1.29 is 14.6 Å². The fourth-order valence-corrected chi connectivity index (χ4v) is 2.28. The number of aromatic nitrogens is 2. The van der Waals surface area contributed by atoms with Crippen molar-refractivity contribution in [3.63, 3.8) is 0 Å². The van der Waals surface area contributed by atoms with Gasteiger partial charge in [0.15, 0.2) is 0 Å². The number of hydrogen-bond acceptors (Lipinski definition) is 4. The molecule has 0 aliphatic rings. The number of hydrogen-bond donors (Lipinski definition) is 1. The van der Waals surface area contributed by atoms with E-state index in [0.29, 0.717) is 19.0 Å². The van der Waals surface area contributed by atoms with Gasteiger partial charge >= 0.3 is 5.97 Å². The normalized spacial score (nSPS) is 11.8. The number of esters is 1. The predicted octanol–water partition coefficient (Wildman–Crippen LogP) is 1.87. The first-order valence-corrected chi connectivity index (χ1v) is 6.76. The fourth-order valence-electron chi connectivity index (χ4n) is 2.28. The van der Waals surface area contributed by atoms with E-state index in [0.717, 1.165) is 11.0 Å². The number of carbonyl (C=O) groups excluding carboxylic acids is 1. The van der Waals surface area contributed by atoms with Gasteiger partial charge < -0.3 is 14.4 Å². The highest BCUT2D eigenvalue weighted by molar-refractivity contribution is 5.84. The number of imidazole rings is 1. The van der Waals surface area contributed by atoms with E-state index >= 15 is 0 Å². The van der Waals surface area contributed by atoms with E-state index in [1.807, 2.05) is 28.8 Å². The molecule has 0 saturated heterocycles. The summed E-state index contributed by atoms with van der Waals surface area (Å²) in [5, 5.41) is 9.26. The van der Waals surface area contributed by atoms with Gasteiger partial charge in [0.05, 0.1) is 24.2 Å². The van der Waals surface area contributed by atoms with E-state index in [4.69, 9.17) is 4.74 Å². The number of nitrogens with zero attached hydrogens (tertiary/aromatic N) is 2. The minimum absolute atomic E-state index is 0.00768. The minimum atomic E-state index is -0.857. The van der Waals surface area contributed by atoms with E-state index in [2.05, 4.69) is 4.98 Å². The molecule has 20 heavy (non-hydrogen) atoms. The highest BCUT2D eigenvalue weighted by Crippen LogP contribution is 2.28. The van der Waals surface area contributed by atoms with Gasteiger partial charge in [-0.2, -0.15) is 0 Å². The lowest BCUT2D eigenvalue weighted by atomic mass is 9.92. The van der Waals surface area contributed by atoms with Crippen molar-refractivity contribution >= 4 is 17.0 Å². The van der Waals surface area contributed by atoms with Crippen molar-refractivity contribution in [1.29, 1.82) is 0 Å². The molecule has 0 bridgehead atoms. The van der Waals surface area contributed by atoms with Crippen molar-refractivity contribution in [2.75, 3.05) is 13.2 Å². The zero-order valence-electron chi connectivity index (χ0n) is 12.1. The Morgan fingerprint density at radius 1 is 1.40 bits per heavy atom. The van der Waals surface area contributed by atoms with Crippen LogP contribution in [0.3, 0.4) is 0 Å². The van der Waals surface area contributed by atoms with Crippen LogP contribution in [0.25, 0.3) is 11.0 Å². The summed E-state index contributed by atoms with van der Waals surface area (Å²) in [4.78, 5) is 16.7. The summed E-state index contributed by atoms with van der Waals surface area (Å²) in [5.41, 5.74) is 0.867. The molecule has 108 valence electrons. The van der Waals surface area contributed by atoms with Crippen molar-refractivity contribution in [2.24, 2.45) is 0 Å². The molecular weight excluding hydrogens is 256 g/mol. The summed E-state index contributed by atoms with van der Waals surface area (Å²) in [7, 11) is 0. The summed E-state index contributed by atoms with van der Waals surface area (Å²) in [5.74, 6) is 0.306. The molecular formula is C15H20N2O3. The van der Waals surface area contributed by atoms with E-state index < -0.39 is 5.41 Å². The van der Waals surface area contributed by atoms with Crippen LogP contribution in [-0.2, 0) is 21.5 Å². The van der Waals surface area contributed by atoms with Crippen molar-refractivity contribution in [3.8, 4) is 0 Å². The third-order valence-corrected chi connectivity index (χ3v) is 3.32. The van der Waals surface area contributed by atoms with Crippen LogP contribution >= 0.6 is 0 Å². The Balaban J connectivity index is 2.57. The number of aliphatic hydroxyl groups is 1. The summed E-state index contributed by atoms with van der Waals surface area (Å²) < 4.78 is 7.02. The standard InChI is InChI=1S/C15H20N2O3/c1-4-20-14(19)15(2,3)13-16-11-7-5-6-8-12(11)17(13)9-10-18/h5-8,18H,4,9-10H2,1-3H3. The second kappa shape index (κ2) is 5.63. The summed E-state index contributed by atoms with van der Waals surface area (Å²) in [6, 6.07) is 7.65. The first-order chi connectivity index (χ1) is 9.52. The van der Waals surface area contributed by atoms with Gasteiger partial charge in [-0.1, -0.05) is 12.1 Å². The molecule has 0 unspecified atom stereocenters. The van der Waals surface area contributed by atoms with Gasteiger partial charge in [0.1, 0.15) is 11.2 Å². The lowest BCUT2D eigenvalue weighted by Gasteiger charge is -2.22. The van der Waals surface area contributed by atoms with Gasteiger partial charge in [0.25, 0.3) is 0 Å². The maximum Gasteiger partial charge on any atom is 0.319 e. The second-order valence-electron chi connectivity index (χ2n) is 5.14. The first-order valence-electron chi connectivity index (χ1n) is 6.76. The van der Waals surface area contributed by atoms with Gasteiger partial charge in [-0.15, -0.1) is 0 Å². The molecule has 2 aromatic rings. The second-order valence-corrected chi connectivity index (χ2v) is 5.14. The van der Waals surface area contributed by atoms with Gasteiger partial charge in [-0.25, -0.2) is 4.98 Å². The lowest BCUT2D eigenvalue weighted by Crippen LogP contribution is -2.34. The van der Waals surface area contributed by atoms with E-state index in [-0.39, 0.29) is 12.6 Å². The Kier molecular flexibility index (Phi) is 4.09. The molecule has 0 amide bonds. The Morgan fingerprint density at radius 2 is 2.10 bits per heavy atom. The summed E-state index contributed by atoms with van der Waals surface area (Å²) in [6.07, 6.45) is 0. The van der Waals surface area contributed by atoms with E-state index in [9.17, 15) is 9.90 Å². The Morgan fingerprint density at radius 3 is 2.75 bits per heavy atom. The Labute approximate surface area is 118 Å². The van der Waals surface area contributed by atoms with Crippen LogP contribution in [-0.4, -0.2) is 33.8 Å². The molecule has 0 radical (unpaired) electrons. The molecule has 0 aliphatic carbocycles. The molecule has 0 spiro atoms. The van der Waals surface area contributed by atoms with Crippen LogP contribution in [0.5, 0.6) is 0 Å². The zero-order chi connectivity index (χ0) is 14.8. The average Bonchev–Trinajstić information content (AvgIpc) is 2.79. The quantitative estimate of drug-likeness (QED) is 0.847. The molecule has 5 heteroatoms. The SMILES string of the molecule is CCOC(=O)C(C)(C)c1nc2ccccc2n1CCO. The fraction of sp³-hybridized carbons (Fsp3) is 0.467. The van der Waals surface area contributed by atoms with Crippen LogP contribution in [0.4, 0.5) is 0 Å². The summed E-state index contributed by atoms with van der Waals surface area (Å²) >= 11 is 0. The zero-order valence-corrected chi connectivity index (χ0v) is 12.1. The van der Waals surface area contributed by atoms with Crippen molar-refractivity contribution in [1.82, 2.24) is 9.55 Å². The number of fused-ring (bicyclic) bond motifs is 1. The lowest BCUT2D eigenvalue weighted by molar-refractivity contribution is -0.149. The van der Waals surface area contributed by atoms with Gasteiger partial charge in [0, 0.05) is 6.54 Å². The number of benzene rings is 1. The Bertz CT molecular complexity index is 617. The highest BCUT2D eigenvalue weighted by atomic mass is 16.5. The van der Waals surface area contributed by atoms with Gasteiger partial charge in [0.2, 0.25) is 0 Å². The molecule has 0 atom stereocenters. The molecule has 0 fully saturated rings. The number of rotatable bonds is 5. The molecule has 1 aromatic heterocycles. The molecule has 1 N–H and O–H groups in total. The number of carbonyl (C=O) groups is 1. The van der Waals surface area contributed by atoms with Crippen LogP contribution in [0.15, 0.2) is 24.3 Å². The van der Waals surface area contributed by atoms with Crippen LogP contribution < -0.4 is 0 Å². The first kappa shape index (κ1) is 14.5. The summed E-state index contributed by atoms with van der Waals surface area (Å²) in [6.45, 7) is 6.10.